The Morgan fingerprint density at radius 2 is 1.68 bits per heavy atom. The van der Waals surface area contributed by atoms with E-state index in [1.807, 2.05) is 0 Å². The van der Waals surface area contributed by atoms with Gasteiger partial charge >= 0.3 is 0 Å². The predicted octanol–water partition coefficient (Wildman–Crippen LogP) is -0.0620. The number of benzene rings is 1. The van der Waals surface area contributed by atoms with Crippen molar-refractivity contribution in [3.63, 3.8) is 0 Å². The van der Waals surface area contributed by atoms with Crippen LogP contribution in [0.2, 0.25) is 0 Å². The van der Waals surface area contributed by atoms with Crippen LogP contribution in [-0.2, 0) is 44.5 Å². The summed E-state index contributed by atoms with van der Waals surface area (Å²) in [5.74, 6) is -5.45. The van der Waals surface area contributed by atoms with Crippen LogP contribution in [0.3, 0.4) is 0 Å². The number of nitrogens with zero attached hydrogens (tertiary/aromatic N) is 4. The lowest BCUT2D eigenvalue weighted by Gasteiger charge is -2.37. The number of aromatic nitrogens is 3. The number of carbonyl (C=O) groups is 5. The Labute approximate surface area is 308 Å². The number of likely N-dealkylation sites (tertiary alicyclic amines) is 1. The number of nitrogens with two attached hydrogens (primary N) is 1. The van der Waals surface area contributed by atoms with Crippen LogP contribution in [0, 0.1) is 5.92 Å². The van der Waals surface area contributed by atoms with Crippen molar-refractivity contribution < 1.29 is 45.9 Å². The van der Waals surface area contributed by atoms with Gasteiger partial charge in [-0.3, -0.25) is 24.0 Å². The number of primary amides is 1. The van der Waals surface area contributed by atoms with Gasteiger partial charge in [0.25, 0.3) is 11.8 Å². The average Bonchev–Trinajstić information content (AvgIpc) is 3.77. The first kappa shape index (κ1) is 40.0. The van der Waals surface area contributed by atoms with Gasteiger partial charge in [-0.25, -0.2) is 21.5 Å². The standard InChI is InChI=1S/C34H47N7O10S2/c1-33(2,47)27-19-36-39-41(27)23-18-26(31(45)38-34(28(42)29(35)43)13-15-53(50,51)16-14-34)40(20-23)32(46)25(17-21-7-5-4-6-8-21)37-30(44)22-9-11-24(12-10-22)52(3,48)49/h9-12,19,21,23,25-26,47H,4-8,13-18,20H2,1-3H3,(H2,35,43)(H,37,44)(H,38,45)/t23-,25?,26-/m0/s1. The summed E-state index contributed by atoms with van der Waals surface area (Å²) >= 11 is 0. The van der Waals surface area contributed by atoms with Crippen molar-refractivity contribution in [2.75, 3.05) is 24.3 Å². The minimum Gasteiger partial charge on any atom is -0.384 e. The smallest absolute Gasteiger partial charge is 0.287 e. The number of aliphatic hydroxyl groups is 1. The van der Waals surface area contributed by atoms with Crippen LogP contribution in [0.4, 0.5) is 0 Å². The molecule has 1 saturated carbocycles. The van der Waals surface area contributed by atoms with E-state index >= 15 is 0 Å². The summed E-state index contributed by atoms with van der Waals surface area (Å²) in [6, 6.07) is 2.17. The third-order valence-electron chi connectivity index (χ3n) is 10.6. The molecule has 3 aliphatic rings. The van der Waals surface area contributed by atoms with E-state index in [9.17, 15) is 45.9 Å². The zero-order chi connectivity index (χ0) is 38.9. The zero-order valence-electron chi connectivity index (χ0n) is 30.0. The quantitative estimate of drug-likeness (QED) is 0.207. The van der Waals surface area contributed by atoms with Crippen LogP contribution in [0.5, 0.6) is 0 Å². The summed E-state index contributed by atoms with van der Waals surface area (Å²) in [4.78, 5) is 69.2. The molecule has 3 heterocycles. The zero-order valence-corrected chi connectivity index (χ0v) is 31.6. The number of ketones is 1. The van der Waals surface area contributed by atoms with Crippen molar-refractivity contribution in [1.82, 2.24) is 30.5 Å². The lowest BCUT2D eigenvalue weighted by molar-refractivity contribution is -0.145. The molecule has 5 rings (SSSR count). The van der Waals surface area contributed by atoms with Crippen LogP contribution in [0.1, 0.15) is 93.7 Å². The van der Waals surface area contributed by atoms with Gasteiger partial charge in [-0.15, -0.1) is 5.10 Å². The minimum absolute atomic E-state index is 0.0162. The van der Waals surface area contributed by atoms with E-state index in [-0.39, 0.29) is 35.8 Å². The maximum atomic E-state index is 14.7. The summed E-state index contributed by atoms with van der Waals surface area (Å²) in [5, 5.41) is 24.4. The Balaban J connectivity index is 1.50. The minimum atomic E-state index is -3.55. The van der Waals surface area contributed by atoms with Gasteiger partial charge in [0.2, 0.25) is 17.6 Å². The van der Waals surface area contributed by atoms with Gasteiger partial charge < -0.3 is 26.4 Å². The molecule has 53 heavy (non-hydrogen) atoms. The SMILES string of the molecule is CC(C)(O)c1cnnn1[C@H]1C[C@@H](C(=O)NC2(C(=O)C(N)=O)CCS(=O)(=O)CC2)N(C(=O)C(CC2CCCCC2)NC(=O)c2ccc(S(C)(=O)=O)cc2)C1. The normalized spacial score (nSPS) is 22.5. The molecule has 3 atom stereocenters. The average molecular weight is 778 g/mol. The molecule has 2 saturated heterocycles. The van der Waals surface area contributed by atoms with E-state index in [1.165, 1.54) is 53.9 Å². The highest BCUT2D eigenvalue weighted by molar-refractivity contribution is 7.91. The van der Waals surface area contributed by atoms with Crippen molar-refractivity contribution in [2.45, 2.75) is 106 Å². The molecule has 4 amide bonds. The molecular formula is C34H47N7O10S2. The highest BCUT2D eigenvalue weighted by Crippen LogP contribution is 2.35. The second kappa shape index (κ2) is 15.3. The lowest BCUT2D eigenvalue weighted by Crippen LogP contribution is -2.64. The van der Waals surface area contributed by atoms with Gasteiger partial charge in [0.05, 0.1) is 34.3 Å². The molecule has 2 aliphatic heterocycles. The fourth-order valence-corrected chi connectivity index (χ4v) is 9.71. The van der Waals surface area contributed by atoms with E-state index in [0.29, 0.717) is 5.69 Å². The molecule has 5 N–H and O–H groups in total. The molecule has 0 radical (unpaired) electrons. The summed E-state index contributed by atoms with van der Waals surface area (Å²) in [7, 11) is -7.08. The van der Waals surface area contributed by atoms with E-state index in [1.54, 1.807) is 0 Å². The highest BCUT2D eigenvalue weighted by atomic mass is 32.2. The monoisotopic (exact) mass is 777 g/mol. The molecule has 17 nitrogen and oxygen atoms in total. The van der Waals surface area contributed by atoms with Gasteiger partial charge in [-0.05, 0) is 63.3 Å². The van der Waals surface area contributed by atoms with Crippen molar-refractivity contribution >= 4 is 49.1 Å². The van der Waals surface area contributed by atoms with Crippen molar-refractivity contribution in [1.29, 1.82) is 0 Å². The molecular weight excluding hydrogens is 731 g/mol. The Morgan fingerprint density at radius 1 is 1.06 bits per heavy atom. The second-order valence-electron chi connectivity index (χ2n) is 15.0. The first-order valence-corrected chi connectivity index (χ1v) is 21.3. The van der Waals surface area contributed by atoms with Crippen LogP contribution >= 0.6 is 0 Å². The summed E-state index contributed by atoms with van der Waals surface area (Å²) in [6.45, 7) is 2.94. The Kier molecular flexibility index (Phi) is 11.5. The van der Waals surface area contributed by atoms with Crippen molar-refractivity contribution in [2.24, 2.45) is 11.7 Å². The topological polar surface area (TPSA) is 258 Å². The molecule has 290 valence electrons. The molecule has 1 aliphatic carbocycles. The van der Waals surface area contributed by atoms with Crippen LogP contribution in [0.15, 0.2) is 35.4 Å². The van der Waals surface area contributed by atoms with Gasteiger partial charge in [0.15, 0.2) is 19.7 Å². The first-order chi connectivity index (χ1) is 24.7. The van der Waals surface area contributed by atoms with Crippen molar-refractivity contribution in [3.05, 3.63) is 41.7 Å². The number of hydrogen-bond acceptors (Lipinski definition) is 12. The molecule has 0 bridgehead atoms. The largest absolute Gasteiger partial charge is 0.384 e. The molecule has 3 fully saturated rings. The van der Waals surface area contributed by atoms with Gasteiger partial charge in [-0.2, -0.15) is 0 Å². The van der Waals surface area contributed by atoms with E-state index in [2.05, 4.69) is 20.9 Å². The maximum absolute atomic E-state index is 14.7. The lowest BCUT2D eigenvalue weighted by atomic mass is 9.84. The number of rotatable bonds is 12. The number of carbonyl (C=O) groups excluding carboxylic acids is 5. The maximum Gasteiger partial charge on any atom is 0.287 e. The Morgan fingerprint density at radius 3 is 2.25 bits per heavy atom. The number of Topliss-reactive ketones (excluding diaryl/α,β-unsaturated/α-hetero) is 1. The number of nitrogens with one attached hydrogen (secondary N) is 2. The van der Waals surface area contributed by atoms with Crippen LogP contribution in [-0.4, -0.2) is 113 Å². The molecule has 1 unspecified atom stereocenters. The Hall–Kier alpha value is -4.23. The Bertz CT molecular complexity index is 1950. The molecule has 1 aromatic carbocycles. The first-order valence-electron chi connectivity index (χ1n) is 17.6. The van der Waals surface area contributed by atoms with Gasteiger partial charge in [-0.1, -0.05) is 37.3 Å². The van der Waals surface area contributed by atoms with Crippen molar-refractivity contribution in [3.8, 4) is 0 Å². The molecule has 1 aromatic heterocycles. The number of amides is 4. The summed E-state index contributed by atoms with van der Waals surface area (Å²) in [6.07, 6.45) is 6.39. The van der Waals surface area contributed by atoms with Crippen LogP contribution < -0.4 is 16.4 Å². The molecule has 0 spiro atoms. The van der Waals surface area contributed by atoms with Gasteiger partial charge in [0.1, 0.15) is 23.2 Å². The summed E-state index contributed by atoms with van der Waals surface area (Å²) < 4.78 is 50.0. The second-order valence-corrected chi connectivity index (χ2v) is 19.3. The van der Waals surface area contributed by atoms with Gasteiger partial charge in [0, 0.05) is 24.8 Å². The number of hydrogen-bond donors (Lipinski definition) is 4. The third kappa shape index (κ3) is 9.12. The molecule has 19 heteroatoms. The fourth-order valence-electron chi connectivity index (χ4n) is 7.56. The summed E-state index contributed by atoms with van der Waals surface area (Å²) in [5.41, 5.74) is 2.45. The van der Waals surface area contributed by atoms with E-state index in [0.717, 1.165) is 38.4 Å². The number of sulfone groups is 2. The third-order valence-corrected chi connectivity index (χ3v) is 13.3. The highest BCUT2D eigenvalue weighted by Gasteiger charge is 2.50. The van der Waals surface area contributed by atoms with E-state index < -0.39 is 103 Å². The fraction of sp³-hybridized carbons (Fsp3) is 0.618. The molecule has 2 aromatic rings. The van der Waals surface area contributed by atoms with E-state index in [4.69, 9.17) is 5.73 Å². The predicted molar refractivity (Wildman–Crippen MR) is 189 cm³/mol. The van der Waals surface area contributed by atoms with Crippen LogP contribution in [0.25, 0.3) is 0 Å².